The van der Waals surface area contributed by atoms with E-state index in [1.165, 1.54) is 0 Å². The van der Waals surface area contributed by atoms with Crippen LogP contribution in [0.3, 0.4) is 0 Å². The van der Waals surface area contributed by atoms with Crippen molar-refractivity contribution in [2.75, 3.05) is 52.5 Å². The highest BCUT2D eigenvalue weighted by atomic mass is 35.5. The second-order valence-corrected chi connectivity index (χ2v) is 7.73. The monoisotopic (exact) mass is 412 g/mol. The predicted octanol–water partition coefficient (Wildman–Crippen LogP) is 1.75. The molecule has 1 fully saturated rings. The topological polar surface area (TPSA) is 78.4 Å². The average Bonchev–Trinajstić information content (AvgIpc) is 2.66. The molecule has 8 heteroatoms. The number of β-amino-alcohol motifs (C(OH)–C–C–N with tert-alkyl or cyclic N) is 1. The zero-order chi connectivity index (χ0) is 20.4. The Morgan fingerprint density at radius 3 is 2.75 bits per heavy atom. The Balaban J connectivity index is 1.84. The van der Waals surface area contributed by atoms with Crippen molar-refractivity contribution < 1.29 is 14.6 Å². The Kier molecular flexibility index (Phi) is 9.31. The molecule has 1 aromatic carbocycles. The molecule has 1 saturated heterocycles. The van der Waals surface area contributed by atoms with Gasteiger partial charge in [0.05, 0.1) is 36.9 Å². The van der Waals surface area contributed by atoms with Gasteiger partial charge in [0.25, 0.3) is 0 Å². The van der Waals surface area contributed by atoms with E-state index in [9.17, 15) is 5.11 Å². The van der Waals surface area contributed by atoms with Gasteiger partial charge in [0.1, 0.15) is 11.9 Å². The third kappa shape index (κ3) is 8.22. The molecule has 3 N–H and O–H groups in total. The quantitative estimate of drug-likeness (QED) is 0.423. The lowest BCUT2D eigenvalue weighted by Crippen LogP contribution is -2.48. The van der Waals surface area contributed by atoms with Crippen molar-refractivity contribution >= 4 is 17.6 Å². The number of hydrogen-bond donors (Lipinski definition) is 3. The van der Waals surface area contributed by atoms with E-state index >= 15 is 0 Å². The van der Waals surface area contributed by atoms with Crippen LogP contribution in [0, 0.1) is 0 Å². The number of ether oxygens (including phenoxy) is 2. The Bertz CT molecular complexity index is 621. The number of nitrogens with one attached hydrogen (secondary N) is 2. The Labute approximate surface area is 173 Å². The number of halogens is 1. The molecule has 0 saturated carbocycles. The summed E-state index contributed by atoms with van der Waals surface area (Å²) >= 11 is 6.14. The van der Waals surface area contributed by atoms with Crippen LogP contribution in [-0.4, -0.2) is 80.2 Å². The maximum atomic E-state index is 10.7. The van der Waals surface area contributed by atoms with Gasteiger partial charge in [-0.1, -0.05) is 23.7 Å². The first-order valence-corrected chi connectivity index (χ1v) is 10.2. The highest BCUT2D eigenvalue weighted by Crippen LogP contribution is 2.24. The van der Waals surface area contributed by atoms with E-state index in [0.717, 1.165) is 19.6 Å². The fourth-order valence-corrected chi connectivity index (χ4v) is 3.10. The van der Waals surface area contributed by atoms with E-state index in [2.05, 4.69) is 20.5 Å². The van der Waals surface area contributed by atoms with Gasteiger partial charge in [-0.3, -0.25) is 9.89 Å². The molecule has 1 aliphatic rings. The molecule has 0 radical (unpaired) electrons. The van der Waals surface area contributed by atoms with Crippen molar-refractivity contribution in [3.05, 3.63) is 29.3 Å². The molecule has 7 nitrogen and oxygen atoms in total. The van der Waals surface area contributed by atoms with Crippen molar-refractivity contribution in [2.45, 2.75) is 32.5 Å². The van der Waals surface area contributed by atoms with Crippen molar-refractivity contribution in [2.24, 2.45) is 4.99 Å². The fourth-order valence-electron chi connectivity index (χ4n) is 2.92. The highest BCUT2D eigenvalue weighted by Gasteiger charge is 2.25. The first kappa shape index (κ1) is 22.7. The van der Waals surface area contributed by atoms with Crippen LogP contribution in [0.2, 0.25) is 5.02 Å². The van der Waals surface area contributed by atoms with Gasteiger partial charge in [0, 0.05) is 26.2 Å². The summed E-state index contributed by atoms with van der Waals surface area (Å²) in [5.74, 6) is 1.31. The summed E-state index contributed by atoms with van der Waals surface area (Å²) in [5.41, 5.74) is -0.903. The Morgan fingerprint density at radius 1 is 1.36 bits per heavy atom. The number of aliphatic imine (C=N–C) groups is 1. The predicted molar refractivity (Wildman–Crippen MR) is 113 cm³/mol. The maximum Gasteiger partial charge on any atom is 0.191 e. The largest absolute Gasteiger partial charge is 0.487 e. The summed E-state index contributed by atoms with van der Waals surface area (Å²) in [6.07, 6.45) is -0.0994. The third-order valence-corrected chi connectivity index (χ3v) is 4.62. The van der Waals surface area contributed by atoms with Crippen molar-refractivity contribution in [3.8, 4) is 5.75 Å². The summed E-state index contributed by atoms with van der Waals surface area (Å²) in [4.78, 5) is 6.76. The minimum absolute atomic E-state index is 0.0994. The molecular formula is C20H33ClN4O3. The summed E-state index contributed by atoms with van der Waals surface area (Å²) < 4.78 is 11.2. The maximum absolute atomic E-state index is 10.7. The Morgan fingerprint density at radius 2 is 2.07 bits per heavy atom. The van der Waals surface area contributed by atoms with Gasteiger partial charge in [-0.2, -0.15) is 0 Å². The molecule has 2 atom stereocenters. The van der Waals surface area contributed by atoms with Crippen LogP contribution in [0.5, 0.6) is 5.75 Å². The fraction of sp³-hybridized carbons (Fsp3) is 0.650. The van der Waals surface area contributed by atoms with E-state index in [0.29, 0.717) is 49.6 Å². The van der Waals surface area contributed by atoms with Gasteiger partial charge in [0.15, 0.2) is 5.96 Å². The number of para-hydroxylation sites is 1. The van der Waals surface area contributed by atoms with Gasteiger partial charge in [-0.15, -0.1) is 0 Å². The first-order valence-electron chi connectivity index (χ1n) is 9.85. The molecule has 1 aromatic rings. The molecule has 28 heavy (non-hydrogen) atoms. The number of rotatable bonds is 9. The summed E-state index contributed by atoms with van der Waals surface area (Å²) in [7, 11) is 0. The zero-order valence-electron chi connectivity index (χ0n) is 17.1. The molecular weight excluding hydrogens is 380 g/mol. The molecule has 1 aliphatic heterocycles. The van der Waals surface area contributed by atoms with Crippen LogP contribution in [0.15, 0.2) is 29.3 Å². The second kappa shape index (κ2) is 11.5. The second-order valence-electron chi connectivity index (χ2n) is 7.32. The van der Waals surface area contributed by atoms with Crippen molar-refractivity contribution in [1.29, 1.82) is 0 Å². The van der Waals surface area contributed by atoms with Crippen LogP contribution in [-0.2, 0) is 4.74 Å². The van der Waals surface area contributed by atoms with E-state index in [1.54, 1.807) is 6.07 Å². The highest BCUT2D eigenvalue weighted by molar-refractivity contribution is 6.32. The summed E-state index contributed by atoms with van der Waals surface area (Å²) in [6, 6.07) is 7.42. The van der Waals surface area contributed by atoms with E-state index in [4.69, 9.17) is 21.1 Å². The molecule has 0 bridgehead atoms. The molecule has 2 rings (SSSR count). The minimum atomic E-state index is -0.903. The van der Waals surface area contributed by atoms with E-state index in [-0.39, 0.29) is 6.10 Å². The number of benzene rings is 1. The number of hydrogen-bond acceptors (Lipinski definition) is 5. The van der Waals surface area contributed by atoms with Crippen LogP contribution in [0.1, 0.15) is 20.8 Å². The number of nitrogens with zero attached hydrogens (tertiary/aromatic N) is 2. The van der Waals surface area contributed by atoms with Crippen molar-refractivity contribution in [1.82, 2.24) is 15.5 Å². The van der Waals surface area contributed by atoms with Crippen LogP contribution >= 0.6 is 11.6 Å². The molecule has 2 unspecified atom stereocenters. The van der Waals surface area contributed by atoms with Crippen LogP contribution < -0.4 is 15.4 Å². The lowest BCUT2D eigenvalue weighted by Gasteiger charge is -2.33. The normalized spacial score (nSPS) is 19.0. The summed E-state index contributed by atoms with van der Waals surface area (Å²) in [5, 5.41) is 17.8. The minimum Gasteiger partial charge on any atom is -0.487 e. The number of morpholine rings is 1. The third-order valence-electron chi connectivity index (χ3n) is 4.31. The SMILES string of the molecule is CCNC(=NCC(C)(O)CN1CCOCC1)NCC(C)Oc1ccccc1Cl. The van der Waals surface area contributed by atoms with Crippen LogP contribution in [0.25, 0.3) is 0 Å². The standard InChI is InChI=1S/C20H33ClN4O3/c1-4-22-19(23-13-16(2)28-18-8-6-5-7-17(18)21)24-14-20(3,26)15-25-9-11-27-12-10-25/h5-8,16,26H,4,9-15H2,1-3H3,(H2,22,23,24). The molecule has 1 heterocycles. The lowest BCUT2D eigenvalue weighted by atomic mass is 10.1. The molecule has 158 valence electrons. The smallest absolute Gasteiger partial charge is 0.191 e. The molecule has 0 aromatic heterocycles. The van der Waals surface area contributed by atoms with Gasteiger partial charge in [-0.05, 0) is 32.9 Å². The molecule has 0 spiro atoms. The van der Waals surface area contributed by atoms with Gasteiger partial charge in [-0.25, -0.2) is 0 Å². The number of aliphatic hydroxyl groups is 1. The average molecular weight is 413 g/mol. The van der Waals surface area contributed by atoms with Crippen molar-refractivity contribution in [3.63, 3.8) is 0 Å². The van der Waals surface area contributed by atoms with Gasteiger partial charge < -0.3 is 25.2 Å². The lowest BCUT2D eigenvalue weighted by molar-refractivity contribution is -0.0180. The zero-order valence-corrected chi connectivity index (χ0v) is 17.8. The molecule has 0 aliphatic carbocycles. The van der Waals surface area contributed by atoms with Gasteiger partial charge in [0.2, 0.25) is 0 Å². The Hall–Kier alpha value is -1.54. The number of guanidine groups is 1. The summed E-state index contributed by atoms with van der Waals surface area (Å²) in [6.45, 7) is 11.1. The molecule has 0 amide bonds. The van der Waals surface area contributed by atoms with Crippen LogP contribution in [0.4, 0.5) is 0 Å². The van der Waals surface area contributed by atoms with E-state index < -0.39 is 5.60 Å². The van der Waals surface area contributed by atoms with E-state index in [1.807, 2.05) is 39.0 Å². The first-order chi connectivity index (χ1) is 13.4. The van der Waals surface area contributed by atoms with Gasteiger partial charge >= 0.3 is 0 Å².